The third kappa shape index (κ3) is 5.72. The Labute approximate surface area is 169 Å². The first-order valence-electron chi connectivity index (χ1n) is 8.54. The number of amides is 3. The Balaban J connectivity index is 2.10. The highest BCUT2D eigenvalue weighted by molar-refractivity contribution is 7.89. The highest BCUT2D eigenvalue weighted by atomic mass is 32.2. The molecule has 10 heteroatoms. The van der Waals surface area contributed by atoms with Gasteiger partial charge in [0.25, 0.3) is 0 Å². The van der Waals surface area contributed by atoms with Crippen molar-refractivity contribution in [2.75, 3.05) is 16.2 Å². The highest BCUT2D eigenvalue weighted by Crippen LogP contribution is 2.20. The summed E-state index contributed by atoms with van der Waals surface area (Å²) in [5.41, 5.74) is 6.20. The molecular formula is C18H22N4O4S2. The van der Waals surface area contributed by atoms with Crippen molar-refractivity contribution in [1.82, 2.24) is 4.72 Å². The van der Waals surface area contributed by atoms with E-state index in [0.717, 1.165) is 17.1 Å². The number of hydrogen-bond donors (Lipinski definition) is 4. The smallest absolute Gasteiger partial charge is 0.336 e. The van der Waals surface area contributed by atoms with Gasteiger partial charge >= 0.3 is 6.03 Å². The molecule has 0 heterocycles. The van der Waals surface area contributed by atoms with E-state index < -0.39 is 22.0 Å². The average Bonchev–Trinajstić information content (AvgIpc) is 2.67. The lowest BCUT2D eigenvalue weighted by molar-refractivity contribution is 0.100. The standard InChI is InChI=1S/C18H22N4O4S2/c1-2-3-11-20-28(25,26)16-6-4-5-14(12-16)21-18(24)22(27)15-9-7-13(8-10-15)17(19)23/h4-10,12,20,27H,2-3,11H2,1H3,(H2,19,23)(H,21,24). The molecule has 150 valence electrons. The van der Waals surface area contributed by atoms with E-state index >= 15 is 0 Å². The fourth-order valence-electron chi connectivity index (χ4n) is 2.27. The molecule has 0 atom stereocenters. The van der Waals surface area contributed by atoms with Crippen molar-refractivity contribution >= 4 is 46.2 Å². The molecule has 0 aliphatic rings. The monoisotopic (exact) mass is 422 g/mol. The fourth-order valence-corrected chi connectivity index (χ4v) is 3.57. The summed E-state index contributed by atoms with van der Waals surface area (Å²) in [7, 11) is -3.65. The topological polar surface area (TPSA) is 122 Å². The maximum Gasteiger partial charge on any atom is 0.336 e. The van der Waals surface area contributed by atoms with E-state index in [9.17, 15) is 18.0 Å². The number of anilines is 2. The molecule has 0 radical (unpaired) electrons. The van der Waals surface area contributed by atoms with Crippen LogP contribution >= 0.6 is 12.8 Å². The second-order valence-electron chi connectivity index (χ2n) is 5.93. The maximum absolute atomic E-state index is 12.4. The molecule has 2 aromatic rings. The van der Waals surface area contributed by atoms with Gasteiger partial charge in [-0.1, -0.05) is 32.2 Å². The van der Waals surface area contributed by atoms with Crippen molar-refractivity contribution in [3.05, 3.63) is 54.1 Å². The van der Waals surface area contributed by atoms with Crippen molar-refractivity contribution < 1.29 is 18.0 Å². The van der Waals surface area contributed by atoms with Crippen LogP contribution in [0.4, 0.5) is 16.2 Å². The lowest BCUT2D eigenvalue weighted by atomic mass is 10.2. The number of rotatable bonds is 8. The van der Waals surface area contributed by atoms with E-state index in [1.165, 1.54) is 42.5 Å². The summed E-state index contributed by atoms with van der Waals surface area (Å²) < 4.78 is 28.1. The Hall–Kier alpha value is -2.56. The Morgan fingerprint density at radius 3 is 2.43 bits per heavy atom. The molecule has 0 spiro atoms. The first kappa shape index (κ1) is 21.7. The van der Waals surface area contributed by atoms with Crippen molar-refractivity contribution in [2.24, 2.45) is 5.73 Å². The van der Waals surface area contributed by atoms with Crippen LogP contribution in [0.2, 0.25) is 0 Å². The zero-order chi connectivity index (χ0) is 20.7. The first-order valence-corrected chi connectivity index (χ1v) is 10.4. The number of hydrogen-bond acceptors (Lipinski definition) is 5. The average molecular weight is 423 g/mol. The number of sulfonamides is 1. The van der Waals surface area contributed by atoms with Gasteiger partial charge in [-0.15, -0.1) is 0 Å². The zero-order valence-electron chi connectivity index (χ0n) is 15.3. The molecule has 2 rings (SSSR count). The van der Waals surface area contributed by atoms with Crippen LogP contribution in [-0.4, -0.2) is 26.9 Å². The molecule has 0 bridgehead atoms. The third-order valence-corrected chi connectivity index (χ3v) is 5.68. The minimum atomic E-state index is -3.65. The largest absolute Gasteiger partial charge is 0.366 e. The van der Waals surface area contributed by atoms with Crippen molar-refractivity contribution in [3.63, 3.8) is 0 Å². The number of carbonyl (C=O) groups is 2. The Bertz CT molecular complexity index is 946. The molecule has 3 amide bonds. The van der Waals surface area contributed by atoms with Crippen LogP contribution in [0.1, 0.15) is 30.1 Å². The number of nitrogens with one attached hydrogen (secondary N) is 2. The van der Waals surface area contributed by atoms with Crippen LogP contribution in [0, 0.1) is 0 Å². The lowest BCUT2D eigenvalue weighted by Gasteiger charge is -2.17. The number of urea groups is 1. The zero-order valence-corrected chi connectivity index (χ0v) is 17.0. The van der Waals surface area contributed by atoms with Crippen LogP contribution in [0.3, 0.4) is 0 Å². The molecule has 0 aromatic heterocycles. The predicted octanol–water partition coefficient (Wildman–Crippen LogP) is 2.75. The SMILES string of the molecule is CCCCNS(=O)(=O)c1cccc(NC(=O)N(S)c2ccc(C(N)=O)cc2)c1. The maximum atomic E-state index is 12.4. The van der Waals surface area contributed by atoms with Gasteiger partial charge in [-0.3, -0.25) is 4.79 Å². The van der Waals surface area contributed by atoms with Gasteiger partial charge in [-0.2, -0.15) is 0 Å². The summed E-state index contributed by atoms with van der Waals surface area (Å²) >= 11 is 4.15. The minimum absolute atomic E-state index is 0.0536. The summed E-state index contributed by atoms with van der Waals surface area (Å²) in [5, 5.41) is 2.58. The van der Waals surface area contributed by atoms with Crippen LogP contribution < -0.4 is 20.1 Å². The molecule has 8 nitrogen and oxygen atoms in total. The molecule has 2 aromatic carbocycles. The van der Waals surface area contributed by atoms with Gasteiger partial charge in [-0.05, 0) is 48.9 Å². The number of thiol groups is 1. The van der Waals surface area contributed by atoms with Crippen LogP contribution in [0.15, 0.2) is 53.4 Å². The van der Waals surface area contributed by atoms with Crippen LogP contribution in [0.25, 0.3) is 0 Å². The summed E-state index contributed by atoms with van der Waals surface area (Å²) in [6.45, 7) is 2.32. The van der Waals surface area contributed by atoms with Gasteiger partial charge in [0.05, 0.1) is 10.6 Å². The van der Waals surface area contributed by atoms with Gasteiger partial charge in [0.1, 0.15) is 0 Å². The van der Waals surface area contributed by atoms with E-state index in [4.69, 9.17) is 5.73 Å². The van der Waals surface area contributed by atoms with Crippen molar-refractivity contribution in [1.29, 1.82) is 0 Å². The Morgan fingerprint density at radius 2 is 1.82 bits per heavy atom. The van der Waals surface area contributed by atoms with Gasteiger partial charge in [0, 0.05) is 17.8 Å². The number of nitrogens with zero attached hydrogens (tertiary/aromatic N) is 1. The van der Waals surface area contributed by atoms with Crippen LogP contribution in [0.5, 0.6) is 0 Å². The van der Waals surface area contributed by atoms with Gasteiger partial charge in [0.15, 0.2) is 0 Å². The molecule has 4 N–H and O–H groups in total. The fraction of sp³-hybridized carbons (Fsp3) is 0.222. The molecule has 28 heavy (non-hydrogen) atoms. The summed E-state index contributed by atoms with van der Waals surface area (Å²) in [4.78, 5) is 23.5. The number of nitrogens with two attached hydrogens (primary N) is 1. The van der Waals surface area contributed by atoms with E-state index in [-0.39, 0.29) is 4.90 Å². The van der Waals surface area contributed by atoms with Gasteiger partial charge in [-0.25, -0.2) is 22.2 Å². The van der Waals surface area contributed by atoms with Gasteiger partial charge < -0.3 is 11.1 Å². The summed E-state index contributed by atoms with van der Waals surface area (Å²) in [5.74, 6) is -0.577. The molecule has 0 saturated heterocycles. The van der Waals surface area contributed by atoms with E-state index in [0.29, 0.717) is 23.5 Å². The van der Waals surface area contributed by atoms with Gasteiger partial charge in [0.2, 0.25) is 15.9 Å². The summed E-state index contributed by atoms with van der Waals surface area (Å²) in [6, 6.07) is 11.3. The van der Waals surface area contributed by atoms with Crippen molar-refractivity contribution in [2.45, 2.75) is 24.7 Å². The molecule has 0 fully saturated rings. The van der Waals surface area contributed by atoms with Crippen molar-refractivity contribution in [3.8, 4) is 0 Å². The Kier molecular flexibility index (Phi) is 7.44. The molecule has 0 aliphatic heterocycles. The number of primary amides is 1. The molecule has 0 aliphatic carbocycles. The molecule has 0 unspecified atom stereocenters. The number of unbranched alkanes of at least 4 members (excludes halogenated alkanes) is 1. The second-order valence-corrected chi connectivity index (χ2v) is 8.10. The highest BCUT2D eigenvalue weighted by Gasteiger charge is 2.16. The lowest BCUT2D eigenvalue weighted by Crippen LogP contribution is -2.27. The third-order valence-electron chi connectivity index (χ3n) is 3.81. The summed E-state index contributed by atoms with van der Waals surface area (Å²) in [6.07, 6.45) is 1.61. The van der Waals surface area contributed by atoms with E-state index in [1.807, 2.05) is 6.92 Å². The first-order chi connectivity index (χ1) is 13.2. The number of benzene rings is 2. The van der Waals surface area contributed by atoms with E-state index in [1.54, 1.807) is 6.07 Å². The van der Waals surface area contributed by atoms with Crippen LogP contribution in [-0.2, 0) is 10.0 Å². The predicted molar refractivity (Wildman–Crippen MR) is 112 cm³/mol. The molecule has 0 saturated carbocycles. The minimum Gasteiger partial charge on any atom is -0.366 e. The number of carbonyl (C=O) groups excluding carboxylic acids is 2. The van der Waals surface area contributed by atoms with E-state index in [2.05, 4.69) is 22.9 Å². The quantitative estimate of drug-likeness (QED) is 0.386. The normalized spacial score (nSPS) is 11.1. The Morgan fingerprint density at radius 1 is 1.14 bits per heavy atom. The molecular weight excluding hydrogens is 400 g/mol. The second kappa shape index (κ2) is 9.58.